The fourth-order valence-corrected chi connectivity index (χ4v) is 4.23. The van der Waals surface area contributed by atoms with E-state index in [9.17, 15) is 15.0 Å². The summed E-state index contributed by atoms with van der Waals surface area (Å²) in [4.78, 5) is 14.1. The van der Waals surface area contributed by atoms with Gasteiger partial charge in [-0.15, -0.1) is 0 Å². The molecule has 0 saturated carbocycles. The maximum Gasteiger partial charge on any atom is 0.148 e. The molecule has 2 N–H and O–H groups in total. The summed E-state index contributed by atoms with van der Waals surface area (Å²) in [5, 5.41) is 21.2. The maximum absolute atomic E-state index is 14.1. The van der Waals surface area contributed by atoms with E-state index in [0.29, 0.717) is 24.0 Å². The molecule has 2 atom stereocenters. The Labute approximate surface area is 188 Å². The van der Waals surface area contributed by atoms with Crippen molar-refractivity contribution < 1.29 is 15.0 Å². The lowest BCUT2D eigenvalue weighted by atomic mass is 9.77. The fourth-order valence-electron chi connectivity index (χ4n) is 4.23. The zero-order valence-electron chi connectivity index (χ0n) is 17.8. The highest BCUT2D eigenvalue weighted by Gasteiger charge is 2.32. The van der Waals surface area contributed by atoms with Crippen LogP contribution in [0.1, 0.15) is 34.1 Å². The largest absolute Gasteiger partial charge is 0.508 e. The SMILES string of the molecule is O=C(C(Cc1ccccc1)c1ccccc1O)C(Cc1ccccc1)c1ccccc1O. The Kier molecular flexibility index (Phi) is 6.66. The molecule has 160 valence electrons. The second-order valence-electron chi connectivity index (χ2n) is 8.00. The Morgan fingerprint density at radius 2 is 0.875 bits per heavy atom. The van der Waals surface area contributed by atoms with E-state index in [-0.39, 0.29) is 17.3 Å². The Morgan fingerprint density at radius 3 is 1.25 bits per heavy atom. The van der Waals surface area contributed by atoms with Gasteiger partial charge in [-0.3, -0.25) is 4.79 Å². The van der Waals surface area contributed by atoms with Crippen LogP contribution >= 0.6 is 0 Å². The van der Waals surface area contributed by atoms with E-state index in [1.165, 1.54) is 0 Å². The van der Waals surface area contributed by atoms with Crippen molar-refractivity contribution in [2.45, 2.75) is 24.7 Å². The number of phenolic OH excluding ortho intramolecular Hbond substituents is 2. The number of benzene rings is 4. The van der Waals surface area contributed by atoms with Crippen LogP contribution in [0.3, 0.4) is 0 Å². The Morgan fingerprint density at radius 1 is 0.531 bits per heavy atom. The molecular weight excluding hydrogens is 396 g/mol. The Balaban J connectivity index is 1.78. The van der Waals surface area contributed by atoms with Crippen molar-refractivity contribution in [3.05, 3.63) is 131 Å². The van der Waals surface area contributed by atoms with Crippen LogP contribution in [0, 0.1) is 0 Å². The molecule has 32 heavy (non-hydrogen) atoms. The highest BCUT2D eigenvalue weighted by atomic mass is 16.3. The number of carbonyl (C=O) groups excluding carboxylic acids is 1. The number of aromatic hydroxyl groups is 2. The van der Waals surface area contributed by atoms with Crippen molar-refractivity contribution in [2.75, 3.05) is 0 Å². The molecule has 0 saturated heterocycles. The average Bonchev–Trinajstić information content (AvgIpc) is 2.83. The number of phenols is 2. The van der Waals surface area contributed by atoms with Crippen molar-refractivity contribution in [1.82, 2.24) is 0 Å². The van der Waals surface area contributed by atoms with E-state index in [4.69, 9.17) is 0 Å². The van der Waals surface area contributed by atoms with E-state index in [0.717, 1.165) is 11.1 Å². The summed E-state index contributed by atoms with van der Waals surface area (Å²) in [5.41, 5.74) is 3.25. The topological polar surface area (TPSA) is 57.5 Å². The quantitative estimate of drug-likeness (QED) is 0.365. The first-order valence-electron chi connectivity index (χ1n) is 10.8. The summed E-state index contributed by atoms with van der Waals surface area (Å²) in [6, 6.07) is 33.7. The van der Waals surface area contributed by atoms with Crippen molar-refractivity contribution in [1.29, 1.82) is 0 Å². The van der Waals surface area contributed by atoms with Gasteiger partial charge in [0, 0.05) is 11.1 Å². The minimum atomic E-state index is -0.549. The number of Topliss-reactive ketones (excluding diaryl/α,β-unsaturated/α-hetero) is 1. The molecule has 0 amide bonds. The molecule has 0 bridgehead atoms. The molecule has 4 aromatic carbocycles. The predicted molar refractivity (Wildman–Crippen MR) is 127 cm³/mol. The molecule has 0 heterocycles. The van der Waals surface area contributed by atoms with Gasteiger partial charge in [-0.05, 0) is 36.1 Å². The molecule has 3 nitrogen and oxygen atoms in total. The van der Waals surface area contributed by atoms with Gasteiger partial charge in [0.15, 0.2) is 0 Å². The Hall–Kier alpha value is -3.85. The van der Waals surface area contributed by atoms with E-state index < -0.39 is 11.8 Å². The smallest absolute Gasteiger partial charge is 0.148 e. The second-order valence-corrected chi connectivity index (χ2v) is 8.00. The second kappa shape index (κ2) is 9.97. The van der Waals surface area contributed by atoms with Gasteiger partial charge in [0.1, 0.15) is 17.3 Å². The van der Waals surface area contributed by atoms with Gasteiger partial charge in [-0.25, -0.2) is 0 Å². The summed E-state index contributed by atoms with van der Waals surface area (Å²) >= 11 is 0. The maximum atomic E-state index is 14.1. The van der Waals surface area contributed by atoms with Crippen LogP contribution in [0.4, 0.5) is 0 Å². The molecular formula is C29H26O3. The predicted octanol–water partition coefficient (Wildman–Crippen LogP) is 6.02. The molecule has 0 fully saturated rings. The van der Waals surface area contributed by atoms with Crippen LogP contribution in [0.15, 0.2) is 109 Å². The van der Waals surface area contributed by atoms with Gasteiger partial charge in [-0.1, -0.05) is 97.1 Å². The molecule has 0 aliphatic rings. The molecule has 4 rings (SSSR count). The van der Waals surface area contributed by atoms with Crippen LogP contribution in [-0.4, -0.2) is 16.0 Å². The number of carbonyl (C=O) groups is 1. The van der Waals surface area contributed by atoms with Crippen LogP contribution < -0.4 is 0 Å². The lowest BCUT2D eigenvalue weighted by Crippen LogP contribution is -2.24. The van der Waals surface area contributed by atoms with Crippen molar-refractivity contribution in [3.8, 4) is 11.5 Å². The van der Waals surface area contributed by atoms with E-state index in [2.05, 4.69) is 0 Å². The van der Waals surface area contributed by atoms with Crippen molar-refractivity contribution in [3.63, 3.8) is 0 Å². The van der Waals surface area contributed by atoms with Crippen LogP contribution in [0.5, 0.6) is 11.5 Å². The third-order valence-corrected chi connectivity index (χ3v) is 5.88. The van der Waals surface area contributed by atoms with Crippen LogP contribution in [-0.2, 0) is 17.6 Å². The zero-order valence-corrected chi connectivity index (χ0v) is 17.8. The summed E-state index contributed by atoms with van der Waals surface area (Å²) in [6.45, 7) is 0. The zero-order chi connectivity index (χ0) is 22.3. The van der Waals surface area contributed by atoms with Crippen LogP contribution in [0.25, 0.3) is 0 Å². The lowest BCUT2D eigenvalue weighted by molar-refractivity contribution is -0.122. The molecule has 0 spiro atoms. The van der Waals surface area contributed by atoms with Gasteiger partial charge < -0.3 is 10.2 Å². The highest BCUT2D eigenvalue weighted by Crippen LogP contribution is 2.37. The molecule has 2 unspecified atom stereocenters. The minimum Gasteiger partial charge on any atom is -0.508 e. The van der Waals surface area contributed by atoms with Gasteiger partial charge in [-0.2, -0.15) is 0 Å². The van der Waals surface area contributed by atoms with Crippen LogP contribution in [0.2, 0.25) is 0 Å². The number of hydrogen-bond donors (Lipinski definition) is 2. The van der Waals surface area contributed by atoms with Gasteiger partial charge >= 0.3 is 0 Å². The van der Waals surface area contributed by atoms with E-state index in [1.54, 1.807) is 24.3 Å². The molecule has 0 aliphatic carbocycles. The standard InChI is InChI=1S/C29H26O3/c30-27-17-9-7-15-23(27)25(19-21-11-3-1-4-12-21)29(32)26(20-22-13-5-2-6-14-22)24-16-8-10-18-28(24)31/h1-18,25-26,30-31H,19-20H2. The Bertz CT molecular complexity index is 1080. The normalized spacial score (nSPS) is 12.8. The molecule has 0 aromatic heterocycles. The number of rotatable bonds is 8. The van der Waals surface area contributed by atoms with Crippen molar-refractivity contribution >= 4 is 5.78 Å². The first-order valence-corrected chi connectivity index (χ1v) is 10.8. The van der Waals surface area contributed by atoms with Gasteiger partial charge in [0.25, 0.3) is 0 Å². The van der Waals surface area contributed by atoms with Gasteiger partial charge in [0.05, 0.1) is 11.8 Å². The average molecular weight is 423 g/mol. The minimum absolute atomic E-state index is 0.0271. The highest BCUT2D eigenvalue weighted by molar-refractivity contribution is 5.93. The third-order valence-electron chi connectivity index (χ3n) is 5.88. The summed E-state index contributed by atoms with van der Waals surface area (Å²) in [5.74, 6) is -0.908. The third kappa shape index (κ3) is 4.89. The number of ketones is 1. The molecule has 3 heteroatoms. The summed E-state index contributed by atoms with van der Waals surface area (Å²) < 4.78 is 0. The van der Waals surface area contributed by atoms with Crippen molar-refractivity contribution in [2.24, 2.45) is 0 Å². The number of para-hydroxylation sites is 2. The first kappa shape index (κ1) is 21.4. The first-order chi connectivity index (χ1) is 15.6. The summed E-state index contributed by atoms with van der Waals surface area (Å²) in [7, 11) is 0. The summed E-state index contributed by atoms with van der Waals surface area (Å²) in [6.07, 6.45) is 0.937. The molecule has 0 aliphatic heterocycles. The fraction of sp³-hybridized carbons (Fsp3) is 0.138. The molecule has 4 aromatic rings. The lowest BCUT2D eigenvalue weighted by Gasteiger charge is -2.25. The number of hydrogen-bond acceptors (Lipinski definition) is 3. The van der Waals surface area contributed by atoms with Gasteiger partial charge in [0.2, 0.25) is 0 Å². The van der Waals surface area contributed by atoms with E-state index in [1.807, 2.05) is 84.9 Å². The monoisotopic (exact) mass is 422 g/mol. The molecule has 0 radical (unpaired) electrons. The van der Waals surface area contributed by atoms with E-state index >= 15 is 0 Å².